The number of nitriles is 1. The van der Waals surface area contributed by atoms with Crippen LogP contribution in [0, 0.1) is 11.3 Å². The molecule has 1 aromatic carbocycles. The molecule has 1 aromatic rings. The van der Waals surface area contributed by atoms with Crippen LogP contribution in [0.25, 0.3) is 0 Å². The van der Waals surface area contributed by atoms with E-state index in [1.807, 2.05) is 18.2 Å². The molecule has 0 saturated heterocycles. The molecule has 2 nitrogen and oxygen atoms in total. The predicted octanol–water partition coefficient (Wildman–Crippen LogP) is 3.48. The van der Waals surface area contributed by atoms with Crippen LogP contribution < -0.4 is 4.90 Å². The van der Waals surface area contributed by atoms with Crippen molar-refractivity contribution in [1.29, 1.82) is 5.26 Å². The average Bonchev–Trinajstić information content (AvgIpc) is 2.29. The van der Waals surface area contributed by atoms with Crippen LogP contribution in [0.4, 0.5) is 5.69 Å². The first-order valence-electron chi connectivity index (χ1n) is 5.31. The van der Waals surface area contributed by atoms with Gasteiger partial charge in [0.05, 0.1) is 5.56 Å². The van der Waals surface area contributed by atoms with Crippen molar-refractivity contribution >= 4 is 21.6 Å². The molecule has 0 unspecified atom stereocenters. The molecular formula is C13H13BrN2. The third kappa shape index (κ3) is 2.28. The molecule has 3 heteroatoms. The van der Waals surface area contributed by atoms with E-state index < -0.39 is 0 Å². The highest BCUT2D eigenvalue weighted by Crippen LogP contribution is 2.25. The molecule has 0 aliphatic carbocycles. The van der Waals surface area contributed by atoms with Crippen molar-refractivity contribution in [2.45, 2.75) is 13.3 Å². The minimum Gasteiger partial charge on any atom is -0.367 e. The van der Waals surface area contributed by atoms with Crippen LogP contribution in [0.5, 0.6) is 0 Å². The highest BCUT2D eigenvalue weighted by molar-refractivity contribution is 9.10. The van der Waals surface area contributed by atoms with Crippen LogP contribution >= 0.6 is 15.9 Å². The largest absolute Gasteiger partial charge is 0.367 e. The van der Waals surface area contributed by atoms with Crippen molar-refractivity contribution in [3.63, 3.8) is 0 Å². The van der Waals surface area contributed by atoms with E-state index in [0.717, 1.165) is 24.0 Å². The zero-order valence-corrected chi connectivity index (χ0v) is 10.8. The Morgan fingerprint density at radius 2 is 2.25 bits per heavy atom. The van der Waals surface area contributed by atoms with Crippen LogP contribution in [0.2, 0.25) is 0 Å². The number of rotatable bonds is 1. The molecule has 0 atom stereocenters. The lowest BCUT2D eigenvalue weighted by Gasteiger charge is -2.28. The number of nitrogens with zero attached hydrogens (tertiary/aromatic N) is 2. The maximum atomic E-state index is 8.86. The third-order valence-electron chi connectivity index (χ3n) is 2.77. The van der Waals surface area contributed by atoms with Crippen molar-refractivity contribution < 1.29 is 0 Å². The van der Waals surface area contributed by atoms with Gasteiger partial charge in [0.1, 0.15) is 6.07 Å². The lowest BCUT2D eigenvalue weighted by Crippen LogP contribution is -2.28. The van der Waals surface area contributed by atoms with Crippen LogP contribution in [0.1, 0.15) is 18.9 Å². The van der Waals surface area contributed by atoms with Gasteiger partial charge in [0.25, 0.3) is 0 Å². The van der Waals surface area contributed by atoms with E-state index >= 15 is 0 Å². The molecule has 1 aliphatic heterocycles. The molecule has 0 bridgehead atoms. The van der Waals surface area contributed by atoms with Gasteiger partial charge in [-0.05, 0) is 47.5 Å². The van der Waals surface area contributed by atoms with Crippen molar-refractivity contribution in [3.05, 3.63) is 39.9 Å². The van der Waals surface area contributed by atoms with Crippen LogP contribution in [0.15, 0.2) is 34.3 Å². The summed E-state index contributed by atoms with van der Waals surface area (Å²) in [6.07, 6.45) is 3.39. The van der Waals surface area contributed by atoms with Crippen molar-refractivity contribution in [3.8, 4) is 6.07 Å². The van der Waals surface area contributed by atoms with Gasteiger partial charge in [0.15, 0.2) is 0 Å². The lowest BCUT2D eigenvalue weighted by atomic mass is 10.1. The van der Waals surface area contributed by atoms with Crippen molar-refractivity contribution in [1.82, 2.24) is 0 Å². The Morgan fingerprint density at radius 3 is 2.88 bits per heavy atom. The maximum Gasteiger partial charge on any atom is 0.100 e. The van der Waals surface area contributed by atoms with Crippen LogP contribution in [0.3, 0.4) is 0 Å². The fourth-order valence-electron chi connectivity index (χ4n) is 1.92. The normalized spacial score (nSPS) is 15.6. The molecule has 0 N–H and O–H groups in total. The van der Waals surface area contributed by atoms with Gasteiger partial charge in [-0.15, -0.1) is 0 Å². The first-order valence-corrected chi connectivity index (χ1v) is 6.10. The summed E-state index contributed by atoms with van der Waals surface area (Å²) in [4.78, 5) is 2.33. The van der Waals surface area contributed by atoms with E-state index in [1.54, 1.807) is 0 Å². The zero-order valence-electron chi connectivity index (χ0n) is 9.20. The smallest absolute Gasteiger partial charge is 0.100 e. The molecule has 0 radical (unpaired) electrons. The number of hydrogen-bond donors (Lipinski definition) is 0. The standard InChI is InChI=1S/C13H13BrN2/c1-10-3-2-6-16(9-10)12-5-4-11(8-15)13(14)7-12/h3-5,7H,2,6,9H2,1H3. The molecule has 82 valence electrons. The summed E-state index contributed by atoms with van der Waals surface area (Å²) in [7, 11) is 0. The second kappa shape index (κ2) is 4.71. The van der Waals surface area contributed by atoms with Crippen molar-refractivity contribution in [2.75, 3.05) is 18.0 Å². The second-order valence-electron chi connectivity index (χ2n) is 4.04. The quantitative estimate of drug-likeness (QED) is 0.735. The maximum absolute atomic E-state index is 8.86. The van der Waals surface area contributed by atoms with Gasteiger partial charge in [0, 0.05) is 23.2 Å². The number of hydrogen-bond acceptors (Lipinski definition) is 2. The fraction of sp³-hybridized carbons (Fsp3) is 0.308. The summed E-state index contributed by atoms with van der Waals surface area (Å²) in [5.74, 6) is 0. The number of benzene rings is 1. The Morgan fingerprint density at radius 1 is 1.44 bits per heavy atom. The third-order valence-corrected chi connectivity index (χ3v) is 3.43. The second-order valence-corrected chi connectivity index (χ2v) is 4.89. The Balaban J connectivity index is 2.26. The molecule has 2 rings (SSSR count). The van der Waals surface area contributed by atoms with Crippen molar-refractivity contribution in [2.24, 2.45) is 0 Å². The fourth-order valence-corrected chi connectivity index (χ4v) is 2.38. The van der Waals surface area contributed by atoms with E-state index in [1.165, 1.54) is 11.3 Å². The number of anilines is 1. The number of halogens is 1. The van der Waals surface area contributed by atoms with Gasteiger partial charge in [-0.3, -0.25) is 0 Å². The summed E-state index contributed by atoms with van der Waals surface area (Å²) in [5, 5.41) is 8.86. The van der Waals surface area contributed by atoms with E-state index in [-0.39, 0.29) is 0 Å². The highest BCUT2D eigenvalue weighted by Gasteiger charge is 2.11. The Bertz CT molecular complexity index is 471. The molecule has 16 heavy (non-hydrogen) atoms. The van der Waals surface area contributed by atoms with Crippen LogP contribution in [-0.2, 0) is 0 Å². The van der Waals surface area contributed by atoms with Gasteiger partial charge < -0.3 is 4.90 Å². The summed E-state index contributed by atoms with van der Waals surface area (Å²) in [5.41, 5.74) is 3.28. The van der Waals surface area contributed by atoms with Gasteiger partial charge in [-0.25, -0.2) is 0 Å². The Kier molecular flexibility index (Phi) is 3.31. The van der Waals surface area contributed by atoms with E-state index in [0.29, 0.717) is 5.56 Å². The molecule has 0 aromatic heterocycles. The zero-order chi connectivity index (χ0) is 11.5. The SMILES string of the molecule is CC1=CCCN(c2ccc(C#N)c(Br)c2)C1. The molecule has 0 spiro atoms. The Labute approximate surface area is 104 Å². The summed E-state index contributed by atoms with van der Waals surface area (Å²) in [6, 6.07) is 8.07. The predicted molar refractivity (Wildman–Crippen MR) is 69.4 cm³/mol. The summed E-state index contributed by atoms with van der Waals surface area (Å²) < 4.78 is 0.875. The molecule has 0 fully saturated rings. The minimum atomic E-state index is 0.688. The molecular weight excluding hydrogens is 264 g/mol. The van der Waals surface area contributed by atoms with Gasteiger partial charge in [-0.2, -0.15) is 5.26 Å². The Hall–Kier alpha value is -1.27. The average molecular weight is 277 g/mol. The van der Waals surface area contributed by atoms with E-state index in [4.69, 9.17) is 5.26 Å². The highest BCUT2D eigenvalue weighted by atomic mass is 79.9. The topological polar surface area (TPSA) is 27.0 Å². The van der Waals surface area contributed by atoms with E-state index in [9.17, 15) is 0 Å². The minimum absolute atomic E-state index is 0.688. The van der Waals surface area contributed by atoms with E-state index in [2.05, 4.69) is 39.9 Å². The summed E-state index contributed by atoms with van der Waals surface area (Å²) in [6.45, 7) is 4.19. The molecule has 0 amide bonds. The molecule has 0 saturated carbocycles. The monoisotopic (exact) mass is 276 g/mol. The molecule has 1 aliphatic rings. The lowest BCUT2D eigenvalue weighted by molar-refractivity contribution is 0.791. The van der Waals surface area contributed by atoms with Gasteiger partial charge in [-0.1, -0.05) is 11.6 Å². The molecule has 1 heterocycles. The van der Waals surface area contributed by atoms with Gasteiger partial charge in [0.2, 0.25) is 0 Å². The van der Waals surface area contributed by atoms with Crippen LogP contribution in [-0.4, -0.2) is 13.1 Å². The van der Waals surface area contributed by atoms with Gasteiger partial charge >= 0.3 is 0 Å². The first-order chi connectivity index (χ1) is 7.70. The summed E-state index contributed by atoms with van der Waals surface area (Å²) >= 11 is 3.43. The first kappa shape index (κ1) is 11.2.